The van der Waals surface area contributed by atoms with E-state index in [0.717, 1.165) is 12.0 Å². The average molecular weight is 236 g/mol. The highest BCUT2D eigenvalue weighted by atomic mass is 16.5. The molecule has 0 unspecified atom stereocenters. The van der Waals surface area contributed by atoms with E-state index < -0.39 is 11.4 Å². The molecule has 0 fully saturated rings. The van der Waals surface area contributed by atoms with Crippen molar-refractivity contribution >= 4 is 5.97 Å². The average Bonchev–Trinajstić information content (AvgIpc) is 2.29. The van der Waals surface area contributed by atoms with E-state index in [1.165, 1.54) is 0 Å². The van der Waals surface area contributed by atoms with Crippen molar-refractivity contribution in [1.82, 2.24) is 0 Å². The molecule has 0 spiro atoms. The second-order valence-corrected chi connectivity index (χ2v) is 4.83. The molecule has 1 rings (SSSR count). The Morgan fingerprint density at radius 2 is 1.94 bits per heavy atom. The lowest BCUT2D eigenvalue weighted by Gasteiger charge is -2.18. The van der Waals surface area contributed by atoms with Crippen molar-refractivity contribution in [1.29, 1.82) is 0 Å². The van der Waals surface area contributed by atoms with Crippen LogP contribution in [0.3, 0.4) is 0 Å². The van der Waals surface area contributed by atoms with Crippen LogP contribution in [0, 0.1) is 5.41 Å². The molecule has 17 heavy (non-hydrogen) atoms. The summed E-state index contributed by atoms with van der Waals surface area (Å²) in [5.41, 5.74) is 0.487. The van der Waals surface area contributed by atoms with Crippen LogP contribution in [0.25, 0.3) is 0 Å². The number of benzene rings is 1. The van der Waals surface area contributed by atoms with Crippen LogP contribution in [0.2, 0.25) is 0 Å². The number of rotatable bonds is 7. The molecule has 0 bridgehead atoms. The van der Waals surface area contributed by atoms with Gasteiger partial charge in [0, 0.05) is 6.61 Å². The maximum absolute atomic E-state index is 10.9. The van der Waals surface area contributed by atoms with Crippen LogP contribution in [0.15, 0.2) is 30.3 Å². The monoisotopic (exact) mass is 236 g/mol. The van der Waals surface area contributed by atoms with Gasteiger partial charge in [0.15, 0.2) is 0 Å². The predicted octanol–water partition coefficient (Wildman–Crippen LogP) is 3.09. The fourth-order valence-corrected chi connectivity index (χ4v) is 1.49. The van der Waals surface area contributed by atoms with E-state index in [1.54, 1.807) is 13.8 Å². The summed E-state index contributed by atoms with van der Waals surface area (Å²) in [5, 5.41) is 8.93. The summed E-state index contributed by atoms with van der Waals surface area (Å²) in [6, 6.07) is 9.96. The number of hydrogen-bond acceptors (Lipinski definition) is 2. The minimum Gasteiger partial charge on any atom is -0.481 e. The van der Waals surface area contributed by atoms with Gasteiger partial charge in [-0.2, -0.15) is 0 Å². The molecular formula is C14H20O3. The van der Waals surface area contributed by atoms with Crippen LogP contribution in [-0.2, 0) is 16.1 Å². The van der Waals surface area contributed by atoms with E-state index >= 15 is 0 Å². The van der Waals surface area contributed by atoms with Crippen LogP contribution in [0.4, 0.5) is 0 Å². The summed E-state index contributed by atoms with van der Waals surface area (Å²) < 4.78 is 5.50. The molecule has 0 aliphatic heterocycles. The standard InChI is InChI=1S/C14H20O3/c1-14(2,13(15)16)9-6-10-17-11-12-7-4-3-5-8-12/h3-5,7-8H,6,9-11H2,1-2H3,(H,15,16). The second-order valence-electron chi connectivity index (χ2n) is 4.83. The molecule has 0 aromatic heterocycles. The molecule has 0 heterocycles. The maximum Gasteiger partial charge on any atom is 0.309 e. The SMILES string of the molecule is CC(C)(CCCOCc1ccccc1)C(=O)O. The second kappa shape index (κ2) is 6.40. The summed E-state index contributed by atoms with van der Waals surface area (Å²) in [6.45, 7) is 4.68. The molecule has 0 saturated carbocycles. The molecule has 0 saturated heterocycles. The van der Waals surface area contributed by atoms with E-state index in [4.69, 9.17) is 9.84 Å². The topological polar surface area (TPSA) is 46.5 Å². The van der Waals surface area contributed by atoms with Crippen molar-refractivity contribution in [2.75, 3.05) is 6.61 Å². The zero-order chi connectivity index (χ0) is 12.7. The number of hydrogen-bond donors (Lipinski definition) is 1. The summed E-state index contributed by atoms with van der Waals surface area (Å²) in [5.74, 6) is -0.749. The highest BCUT2D eigenvalue weighted by Gasteiger charge is 2.25. The van der Waals surface area contributed by atoms with Crippen molar-refractivity contribution < 1.29 is 14.6 Å². The molecule has 3 heteroatoms. The number of carboxylic acid groups (broad SMARTS) is 1. The van der Waals surface area contributed by atoms with Gasteiger partial charge in [-0.25, -0.2) is 0 Å². The van der Waals surface area contributed by atoms with Gasteiger partial charge in [-0.05, 0) is 32.3 Å². The Bertz CT molecular complexity index is 344. The first-order valence-electron chi connectivity index (χ1n) is 5.87. The largest absolute Gasteiger partial charge is 0.481 e. The van der Waals surface area contributed by atoms with Gasteiger partial charge < -0.3 is 9.84 Å². The minimum atomic E-state index is -0.749. The zero-order valence-electron chi connectivity index (χ0n) is 10.5. The van der Waals surface area contributed by atoms with Gasteiger partial charge in [-0.3, -0.25) is 4.79 Å². The molecule has 1 aromatic rings. The maximum atomic E-state index is 10.9. The van der Waals surface area contributed by atoms with Crippen LogP contribution in [0.1, 0.15) is 32.3 Å². The molecular weight excluding hydrogens is 216 g/mol. The van der Waals surface area contributed by atoms with Crippen LogP contribution in [0.5, 0.6) is 0 Å². The molecule has 1 aromatic carbocycles. The molecule has 1 N–H and O–H groups in total. The quantitative estimate of drug-likeness (QED) is 0.740. The van der Waals surface area contributed by atoms with E-state index in [1.807, 2.05) is 30.3 Å². The Labute approximate surface area is 102 Å². The van der Waals surface area contributed by atoms with Gasteiger partial charge in [-0.15, -0.1) is 0 Å². The highest BCUT2D eigenvalue weighted by molar-refractivity contribution is 5.73. The lowest BCUT2D eigenvalue weighted by molar-refractivity contribution is -0.147. The molecule has 3 nitrogen and oxygen atoms in total. The minimum absolute atomic E-state index is 0.592. The lowest BCUT2D eigenvalue weighted by atomic mass is 9.88. The van der Waals surface area contributed by atoms with Crippen molar-refractivity contribution in [3.63, 3.8) is 0 Å². The summed E-state index contributed by atoms with van der Waals surface area (Å²) in [7, 11) is 0. The van der Waals surface area contributed by atoms with Gasteiger partial charge in [-0.1, -0.05) is 30.3 Å². The molecule has 94 valence electrons. The van der Waals surface area contributed by atoms with Crippen molar-refractivity contribution in [2.24, 2.45) is 5.41 Å². The van der Waals surface area contributed by atoms with Crippen LogP contribution < -0.4 is 0 Å². The van der Waals surface area contributed by atoms with E-state index in [-0.39, 0.29) is 0 Å². The molecule has 0 amide bonds. The Morgan fingerprint density at radius 1 is 1.29 bits per heavy atom. The van der Waals surface area contributed by atoms with Gasteiger partial charge in [0.25, 0.3) is 0 Å². The Hall–Kier alpha value is -1.35. The van der Waals surface area contributed by atoms with Gasteiger partial charge >= 0.3 is 5.97 Å². The van der Waals surface area contributed by atoms with Crippen molar-refractivity contribution in [2.45, 2.75) is 33.3 Å². The molecule has 0 aliphatic carbocycles. The molecule has 0 atom stereocenters. The molecule has 0 radical (unpaired) electrons. The van der Waals surface area contributed by atoms with Gasteiger partial charge in [0.2, 0.25) is 0 Å². The Balaban J connectivity index is 2.15. The summed E-state index contributed by atoms with van der Waals surface area (Å²) in [6.07, 6.45) is 1.41. The van der Waals surface area contributed by atoms with Crippen molar-refractivity contribution in [3.05, 3.63) is 35.9 Å². The first-order chi connectivity index (χ1) is 8.02. The number of carboxylic acids is 1. The Kier molecular flexibility index (Phi) is 5.16. The number of ether oxygens (including phenoxy) is 1. The fraction of sp³-hybridized carbons (Fsp3) is 0.500. The van der Waals surface area contributed by atoms with Gasteiger partial charge in [0.05, 0.1) is 12.0 Å². The fourth-order valence-electron chi connectivity index (χ4n) is 1.49. The molecule has 0 aliphatic rings. The first kappa shape index (κ1) is 13.7. The Morgan fingerprint density at radius 3 is 2.53 bits per heavy atom. The van der Waals surface area contributed by atoms with E-state index in [0.29, 0.717) is 19.6 Å². The van der Waals surface area contributed by atoms with E-state index in [9.17, 15) is 4.79 Å². The smallest absolute Gasteiger partial charge is 0.309 e. The third kappa shape index (κ3) is 5.00. The first-order valence-corrected chi connectivity index (χ1v) is 5.87. The van der Waals surface area contributed by atoms with Crippen molar-refractivity contribution in [3.8, 4) is 0 Å². The van der Waals surface area contributed by atoms with E-state index in [2.05, 4.69) is 0 Å². The summed E-state index contributed by atoms with van der Waals surface area (Å²) >= 11 is 0. The van der Waals surface area contributed by atoms with Gasteiger partial charge in [0.1, 0.15) is 0 Å². The third-order valence-corrected chi connectivity index (χ3v) is 2.78. The normalized spacial score (nSPS) is 11.4. The zero-order valence-corrected chi connectivity index (χ0v) is 10.5. The number of aliphatic carboxylic acids is 1. The predicted molar refractivity (Wildman–Crippen MR) is 66.7 cm³/mol. The number of carbonyl (C=O) groups is 1. The highest BCUT2D eigenvalue weighted by Crippen LogP contribution is 2.22. The summed E-state index contributed by atoms with van der Waals surface area (Å²) in [4.78, 5) is 10.9. The van der Waals surface area contributed by atoms with Crippen LogP contribution >= 0.6 is 0 Å². The third-order valence-electron chi connectivity index (χ3n) is 2.78. The lowest BCUT2D eigenvalue weighted by Crippen LogP contribution is -2.23. The van der Waals surface area contributed by atoms with Crippen LogP contribution in [-0.4, -0.2) is 17.7 Å².